The molecule has 2 heterocycles. The van der Waals surface area contributed by atoms with E-state index in [4.69, 9.17) is 9.47 Å². The number of hydrogen-bond acceptors (Lipinski definition) is 4. The lowest BCUT2D eigenvalue weighted by Crippen LogP contribution is -2.40. The van der Waals surface area contributed by atoms with Gasteiger partial charge < -0.3 is 9.47 Å². The number of benzene rings is 1. The fourth-order valence-electron chi connectivity index (χ4n) is 2.46. The highest BCUT2D eigenvalue weighted by atomic mass is 16.6. The highest BCUT2D eigenvalue weighted by molar-refractivity contribution is 5.80. The fraction of sp³-hybridized carbons (Fsp3) is 0.417. The molecule has 3 rings (SSSR count). The molecule has 2 aliphatic rings. The van der Waals surface area contributed by atoms with Gasteiger partial charge in [0.2, 0.25) is 0 Å². The van der Waals surface area contributed by atoms with E-state index in [0.29, 0.717) is 6.54 Å². The molecular weight excluding hydrogens is 206 g/mol. The largest absolute Gasteiger partial charge is 0.497 e. The second-order valence-corrected chi connectivity index (χ2v) is 4.28. The topological polar surface area (TPSA) is 47.6 Å². The number of carbonyl (C=O) groups is 1. The first-order valence-electron chi connectivity index (χ1n) is 5.34. The van der Waals surface area contributed by atoms with Crippen molar-refractivity contribution in [2.24, 2.45) is 0 Å². The van der Waals surface area contributed by atoms with E-state index >= 15 is 0 Å². The first-order chi connectivity index (χ1) is 7.73. The third-order valence-corrected chi connectivity index (χ3v) is 3.34. The molecule has 4 nitrogen and oxygen atoms in total. The Morgan fingerprint density at radius 1 is 1.56 bits per heavy atom. The van der Waals surface area contributed by atoms with Crippen molar-refractivity contribution in [3.8, 4) is 5.75 Å². The van der Waals surface area contributed by atoms with Gasteiger partial charge in [-0.25, -0.2) is 0 Å². The van der Waals surface area contributed by atoms with Crippen LogP contribution in [0.5, 0.6) is 5.75 Å². The van der Waals surface area contributed by atoms with Crippen LogP contribution in [0.4, 0.5) is 0 Å². The molecule has 2 atom stereocenters. The van der Waals surface area contributed by atoms with Crippen molar-refractivity contribution in [3.63, 3.8) is 0 Å². The maximum absolute atomic E-state index is 11.5. The zero-order valence-electron chi connectivity index (χ0n) is 9.03. The van der Waals surface area contributed by atoms with Gasteiger partial charge in [0.15, 0.2) is 5.60 Å². The standard InChI is InChI=1S/C12H13NO3/c1-15-9-4-2-3-8(5-9)12-6-10(13-7-12)11(14)16-12/h2-5,10,13H,6-7H2,1H3. The Hall–Kier alpha value is -1.55. The molecule has 0 aromatic heterocycles. The smallest absolute Gasteiger partial charge is 0.324 e. The summed E-state index contributed by atoms with van der Waals surface area (Å²) in [4.78, 5) is 11.5. The fourth-order valence-corrected chi connectivity index (χ4v) is 2.46. The predicted molar refractivity (Wildman–Crippen MR) is 57.2 cm³/mol. The van der Waals surface area contributed by atoms with Crippen molar-refractivity contribution in [3.05, 3.63) is 29.8 Å². The van der Waals surface area contributed by atoms with E-state index < -0.39 is 5.60 Å². The Balaban J connectivity index is 2.00. The zero-order chi connectivity index (χ0) is 11.2. The Kier molecular flexibility index (Phi) is 1.94. The van der Waals surface area contributed by atoms with Gasteiger partial charge in [0.05, 0.1) is 7.11 Å². The lowest BCUT2D eigenvalue weighted by molar-refractivity contribution is -0.153. The van der Waals surface area contributed by atoms with E-state index in [1.807, 2.05) is 24.3 Å². The monoisotopic (exact) mass is 219 g/mol. The van der Waals surface area contributed by atoms with Crippen molar-refractivity contribution in [2.75, 3.05) is 13.7 Å². The van der Waals surface area contributed by atoms with Crippen LogP contribution < -0.4 is 10.1 Å². The molecule has 0 saturated carbocycles. The molecule has 0 radical (unpaired) electrons. The molecular formula is C12H13NO3. The van der Waals surface area contributed by atoms with Crippen molar-refractivity contribution < 1.29 is 14.3 Å². The molecule has 2 fully saturated rings. The number of ether oxygens (including phenoxy) is 2. The summed E-state index contributed by atoms with van der Waals surface area (Å²) in [6, 6.07) is 7.58. The quantitative estimate of drug-likeness (QED) is 0.748. The highest BCUT2D eigenvalue weighted by Crippen LogP contribution is 2.41. The minimum Gasteiger partial charge on any atom is -0.497 e. The van der Waals surface area contributed by atoms with Crippen LogP contribution in [-0.4, -0.2) is 25.7 Å². The van der Waals surface area contributed by atoms with E-state index in [2.05, 4.69) is 5.32 Å². The molecule has 1 N–H and O–H groups in total. The third-order valence-electron chi connectivity index (χ3n) is 3.34. The Bertz CT molecular complexity index is 446. The van der Waals surface area contributed by atoms with Gasteiger partial charge in [-0.05, 0) is 12.1 Å². The minimum atomic E-state index is -0.476. The summed E-state index contributed by atoms with van der Waals surface area (Å²) in [6.45, 7) is 0.691. The van der Waals surface area contributed by atoms with Crippen LogP contribution in [0.1, 0.15) is 12.0 Å². The molecule has 4 heteroatoms. The van der Waals surface area contributed by atoms with E-state index in [1.165, 1.54) is 0 Å². The van der Waals surface area contributed by atoms with Gasteiger partial charge in [0.25, 0.3) is 0 Å². The zero-order valence-corrected chi connectivity index (χ0v) is 9.03. The maximum atomic E-state index is 11.5. The summed E-state index contributed by atoms with van der Waals surface area (Å²) in [5.41, 5.74) is 0.531. The van der Waals surface area contributed by atoms with Crippen LogP contribution in [0.2, 0.25) is 0 Å². The average Bonchev–Trinajstić information content (AvgIpc) is 2.87. The molecule has 0 spiro atoms. The lowest BCUT2D eigenvalue weighted by Gasteiger charge is -2.26. The van der Waals surface area contributed by atoms with Crippen molar-refractivity contribution in [1.82, 2.24) is 5.32 Å². The van der Waals surface area contributed by atoms with Crippen LogP contribution in [0, 0.1) is 0 Å². The number of carbonyl (C=O) groups excluding carboxylic acids is 1. The molecule has 2 bridgehead atoms. The molecule has 0 amide bonds. The van der Waals surface area contributed by atoms with Crippen LogP contribution in [0.25, 0.3) is 0 Å². The molecule has 16 heavy (non-hydrogen) atoms. The Labute approximate surface area is 93.5 Å². The highest BCUT2D eigenvalue weighted by Gasteiger charge is 2.53. The van der Waals surface area contributed by atoms with Crippen molar-refractivity contribution >= 4 is 5.97 Å². The van der Waals surface area contributed by atoms with Crippen LogP contribution in [0.3, 0.4) is 0 Å². The second-order valence-electron chi connectivity index (χ2n) is 4.28. The summed E-state index contributed by atoms with van der Waals surface area (Å²) in [5.74, 6) is 0.646. The SMILES string of the molecule is COc1cccc(C23CNC(C2)C(=O)O3)c1. The number of esters is 1. The molecule has 84 valence electrons. The number of nitrogens with one attached hydrogen (secondary N) is 1. The molecule has 1 aromatic rings. The minimum absolute atomic E-state index is 0.133. The molecule has 2 aliphatic heterocycles. The van der Waals surface area contributed by atoms with Gasteiger partial charge >= 0.3 is 5.97 Å². The van der Waals surface area contributed by atoms with Gasteiger partial charge in [-0.2, -0.15) is 0 Å². The number of hydrogen-bond donors (Lipinski definition) is 1. The van der Waals surface area contributed by atoms with Gasteiger partial charge in [-0.15, -0.1) is 0 Å². The van der Waals surface area contributed by atoms with E-state index in [0.717, 1.165) is 17.7 Å². The Morgan fingerprint density at radius 3 is 3.06 bits per heavy atom. The van der Waals surface area contributed by atoms with Gasteiger partial charge in [-0.1, -0.05) is 12.1 Å². The molecule has 0 aliphatic carbocycles. The summed E-state index contributed by atoms with van der Waals surface area (Å²) >= 11 is 0. The summed E-state index contributed by atoms with van der Waals surface area (Å²) < 4.78 is 10.7. The van der Waals surface area contributed by atoms with Crippen LogP contribution in [0.15, 0.2) is 24.3 Å². The number of methoxy groups -OCH3 is 1. The number of fused-ring (bicyclic) bond motifs is 2. The first kappa shape index (κ1) is 9.66. The van der Waals surface area contributed by atoms with E-state index in [1.54, 1.807) is 7.11 Å². The lowest BCUT2D eigenvalue weighted by atomic mass is 9.93. The van der Waals surface area contributed by atoms with E-state index in [9.17, 15) is 4.79 Å². The van der Waals surface area contributed by atoms with Crippen molar-refractivity contribution in [1.29, 1.82) is 0 Å². The summed E-state index contributed by atoms with van der Waals surface area (Å²) in [6.07, 6.45) is 0.721. The van der Waals surface area contributed by atoms with E-state index in [-0.39, 0.29) is 12.0 Å². The van der Waals surface area contributed by atoms with Gasteiger partial charge in [0, 0.05) is 18.5 Å². The summed E-state index contributed by atoms with van der Waals surface area (Å²) in [5, 5.41) is 3.17. The van der Waals surface area contributed by atoms with Gasteiger partial charge in [0.1, 0.15) is 11.8 Å². The molecule has 2 saturated heterocycles. The molecule has 2 unspecified atom stereocenters. The number of rotatable bonds is 2. The van der Waals surface area contributed by atoms with Crippen LogP contribution in [-0.2, 0) is 15.1 Å². The van der Waals surface area contributed by atoms with Gasteiger partial charge in [-0.3, -0.25) is 10.1 Å². The maximum Gasteiger partial charge on any atom is 0.324 e. The molecule has 1 aromatic carbocycles. The van der Waals surface area contributed by atoms with Crippen LogP contribution >= 0.6 is 0 Å². The normalized spacial score (nSPS) is 31.6. The summed E-state index contributed by atoms with van der Waals surface area (Å²) in [7, 11) is 1.63. The first-order valence-corrected chi connectivity index (χ1v) is 5.34. The Morgan fingerprint density at radius 2 is 2.44 bits per heavy atom. The second kappa shape index (κ2) is 3.22. The van der Waals surface area contributed by atoms with Crippen molar-refractivity contribution in [2.45, 2.75) is 18.1 Å². The number of morpholine rings is 1. The predicted octanol–water partition coefficient (Wildman–Crippen LogP) is 0.809. The average molecular weight is 219 g/mol. The third kappa shape index (κ3) is 1.23.